The summed E-state index contributed by atoms with van der Waals surface area (Å²) in [7, 11) is 0. The topological polar surface area (TPSA) is 3.24 Å². The van der Waals surface area contributed by atoms with Crippen LogP contribution in [0.2, 0.25) is 0 Å². The van der Waals surface area contributed by atoms with Crippen LogP contribution >= 0.6 is 0 Å². The minimum atomic E-state index is 1.09. The Kier molecular flexibility index (Phi) is 7.39. The van der Waals surface area contributed by atoms with Crippen LogP contribution in [-0.2, 0) is 12.8 Å². The summed E-state index contributed by atoms with van der Waals surface area (Å²) < 4.78 is 0. The lowest BCUT2D eigenvalue weighted by Gasteiger charge is -2.27. The van der Waals surface area contributed by atoms with Crippen molar-refractivity contribution in [2.75, 3.05) is 4.90 Å². The molecule has 248 valence electrons. The molecule has 0 aliphatic heterocycles. The van der Waals surface area contributed by atoms with Gasteiger partial charge in [-0.3, -0.25) is 0 Å². The van der Waals surface area contributed by atoms with Gasteiger partial charge in [0.25, 0.3) is 0 Å². The first-order chi connectivity index (χ1) is 25.7. The normalized spacial score (nSPS) is 13.4. The monoisotopic (exact) mass is 665 g/mol. The summed E-state index contributed by atoms with van der Waals surface area (Å²) in [5.41, 5.74) is 15.7. The van der Waals surface area contributed by atoms with E-state index in [1.54, 1.807) is 0 Å². The Balaban J connectivity index is 1.11. The van der Waals surface area contributed by atoms with Gasteiger partial charge in [-0.05, 0) is 151 Å². The first kappa shape index (κ1) is 30.6. The fourth-order valence-corrected chi connectivity index (χ4v) is 8.82. The highest BCUT2D eigenvalue weighted by Gasteiger charge is 2.21. The molecule has 52 heavy (non-hydrogen) atoms. The molecule has 0 spiro atoms. The van der Waals surface area contributed by atoms with Gasteiger partial charge < -0.3 is 4.90 Å². The zero-order valence-electron chi connectivity index (χ0n) is 29.4. The maximum atomic E-state index is 2.40. The van der Waals surface area contributed by atoms with Gasteiger partial charge in [-0.25, -0.2) is 0 Å². The molecule has 8 aromatic carbocycles. The Morgan fingerprint density at radius 1 is 0.442 bits per heavy atom. The summed E-state index contributed by atoms with van der Waals surface area (Å²) in [6.07, 6.45) is 13.7. The zero-order chi connectivity index (χ0) is 34.6. The highest BCUT2D eigenvalue weighted by Crippen LogP contribution is 2.44. The molecule has 10 rings (SSSR count). The van der Waals surface area contributed by atoms with Crippen molar-refractivity contribution >= 4 is 61.5 Å². The largest absolute Gasteiger partial charge is 0.310 e. The highest BCUT2D eigenvalue weighted by molar-refractivity contribution is 6.05. The molecular weight excluding hydrogens is 627 g/mol. The van der Waals surface area contributed by atoms with Crippen LogP contribution in [0.3, 0.4) is 0 Å². The van der Waals surface area contributed by atoms with Crippen LogP contribution in [0.25, 0.3) is 66.7 Å². The van der Waals surface area contributed by atoms with Gasteiger partial charge >= 0.3 is 0 Å². The molecule has 0 amide bonds. The Morgan fingerprint density at radius 3 is 1.73 bits per heavy atom. The van der Waals surface area contributed by atoms with Crippen molar-refractivity contribution in [2.24, 2.45) is 0 Å². The van der Waals surface area contributed by atoms with Gasteiger partial charge in [0.15, 0.2) is 0 Å². The van der Waals surface area contributed by atoms with E-state index in [1.165, 1.54) is 82.4 Å². The van der Waals surface area contributed by atoms with Crippen LogP contribution in [0.15, 0.2) is 158 Å². The van der Waals surface area contributed by atoms with Gasteiger partial charge in [0.1, 0.15) is 0 Å². The minimum absolute atomic E-state index is 1.09. The maximum Gasteiger partial charge on any atom is 0.0468 e. The summed E-state index contributed by atoms with van der Waals surface area (Å²) >= 11 is 0. The first-order valence-electron chi connectivity index (χ1n) is 18.6. The summed E-state index contributed by atoms with van der Waals surface area (Å²) in [4.78, 5) is 2.40. The van der Waals surface area contributed by atoms with Crippen molar-refractivity contribution in [1.29, 1.82) is 0 Å². The van der Waals surface area contributed by atoms with E-state index in [4.69, 9.17) is 0 Å². The lowest BCUT2D eigenvalue weighted by atomic mass is 9.82. The second-order valence-corrected chi connectivity index (χ2v) is 14.3. The summed E-state index contributed by atoms with van der Waals surface area (Å²) in [5, 5.41) is 7.78. The molecule has 8 aromatic rings. The van der Waals surface area contributed by atoms with Crippen LogP contribution < -0.4 is 4.90 Å². The fraction of sp³-hybridized carbons (Fsp3) is 0.0980. The summed E-state index contributed by atoms with van der Waals surface area (Å²) in [5.74, 6) is 0. The molecule has 0 fully saturated rings. The van der Waals surface area contributed by atoms with Gasteiger partial charge in [-0.1, -0.05) is 133 Å². The summed E-state index contributed by atoms with van der Waals surface area (Å²) in [6.45, 7) is 2.30. The number of hydrogen-bond donors (Lipinski definition) is 0. The van der Waals surface area contributed by atoms with Gasteiger partial charge in [0, 0.05) is 17.1 Å². The molecule has 1 nitrogen and oxygen atoms in total. The van der Waals surface area contributed by atoms with E-state index in [0.717, 1.165) is 42.7 Å². The number of anilines is 3. The molecule has 0 saturated carbocycles. The Labute approximate surface area is 305 Å². The molecular formula is C51H39N. The van der Waals surface area contributed by atoms with E-state index in [9.17, 15) is 0 Å². The number of benzene rings is 8. The molecule has 0 aromatic heterocycles. The van der Waals surface area contributed by atoms with Crippen molar-refractivity contribution in [3.8, 4) is 22.3 Å². The molecule has 0 atom stereocenters. The number of nitrogens with zero attached hydrogens (tertiary/aromatic N) is 1. The predicted octanol–water partition coefficient (Wildman–Crippen LogP) is 14.2. The van der Waals surface area contributed by atoms with Crippen LogP contribution in [0.4, 0.5) is 17.1 Å². The van der Waals surface area contributed by atoms with Gasteiger partial charge in [0.05, 0.1) is 0 Å². The lowest BCUT2D eigenvalue weighted by Crippen LogP contribution is -2.10. The molecule has 0 N–H and O–H groups in total. The van der Waals surface area contributed by atoms with Crippen molar-refractivity contribution in [1.82, 2.24) is 0 Å². The standard InChI is InChI=1S/C51H39N/c1-34-44-16-8-10-20-48(44)51(49-21-11-9-17-45(34)49)37-25-29-42(30-26-37)52(43-31-22-35-12-2-3-13-38(35)33-43)41-27-23-36(24-28-41)50-46-18-6-4-14-39(46)32-40-15-5-7-19-47(40)50/h2-4,6-8,10-14,16,18-33H,5,9,15,17H2,1H3. The van der Waals surface area contributed by atoms with Crippen LogP contribution in [-0.4, -0.2) is 0 Å². The SMILES string of the molecule is Cc1c2c(c(-c3ccc(N(c4ccc(-c5c6c(cc7ccccc57)CCC=C6)cc4)c4ccc5ccccc5c4)cc3)c3ccccc13)C=CCC2. The number of allylic oxidation sites excluding steroid dienone is 2. The third kappa shape index (κ3) is 5.08. The van der Waals surface area contributed by atoms with Crippen molar-refractivity contribution < 1.29 is 0 Å². The van der Waals surface area contributed by atoms with E-state index in [1.807, 2.05) is 0 Å². The second-order valence-electron chi connectivity index (χ2n) is 14.3. The molecule has 0 radical (unpaired) electrons. The Morgan fingerprint density at radius 2 is 1.00 bits per heavy atom. The van der Waals surface area contributed by atoms with Crippen molar-refractivity contribution in [3.63, 3.8) is 0 Å². The average molecular weight is 666 g/mol. The van der Waals surface area contributed by atoms with Crippen LogP contribution in [0.5, 0.6) is 0 Å². The van der Waals surface area contributed by atoms with Crippen molar-refractivity contribution in [3.05, 3.63) is 186 Å². The third-order valence-corrected chi connectivity index (χ3v) is 11.4. The molecule has 2 aliphatic rings. The molecule has 0 saturated heterocycles. The first-order valence-corrected chi connectivity index (χ1v) is 18.6. The fourth-order valence-electron chi connectivity index (χ4n) is 8.82. The zero-order valence-corrected chi connectivity index (χ0v) is 29.4. The van der Waals surface area contributed by atoms with E-state index in [2.05, 4.69) is 182 Å². The Hall–Kier alpha value is -6.18. The number of aryl methyl sites for hydroxylation is 2. The van der Waals surface area contributed by atoms with Crippen LogP contribution in [0, 0.1) is 6.92 Å². The molecule has 1 heteroatoms. The van der Waals surface area contributed by atoms with Crippen molar-refractivity contribution in [2.45, 2.75) is 32.6 Å². The van der Waals surface area contributed by atoms with E-state index >= 15 is 0 Å². The van der Waals surface area contributed by atoms with Crippen LogP contribution in [0.1, 0.15) is 40.7 Å². The number of hydrogen-bond acceptors (Lipinski definition) is 1. The Bertz CT molecular complexity index is 2730. The van der Waals surface area contributed by atoms with E-state index < -0.39 is 0 Å². The minimum Gasteiger partial charge on any atom is -0.310 e. The molecule has 0 heterocycles. The maximum absolute atomic E-state index is 2.40. The smallest absolute Gasteiger partial charge is 0.0468 e. The van der Waals surface area contributed by atoms with E-state index in [0.29, 0.717) is 0 Å². The lowest BCUT2D eigenvalue weighted by molar-refractivity contribution is 0.976. The van der Waals surface area contributed by atoms with Gasteiger partial charge in [-0.2, -0.15) is 0 Å². The number of rotatable bonds is 5. The quantitative estimate of drug-likeness (QED) is 0.177. The molecule has 0 unspecified atom stereocenters. The van der Waals surface area contributed by atoms with E-state index in [-0.39, 0.29) is 0 Å². The molecule has 0 bridgehead atoms. The third-order valence-electron chi connectivity index (χ3n) is 11.4. The van der Waals surface area contributed by atoms with Gasteiger partial charge in [-0.15, -0.1) is 0 Å². The predicted molar refractivity (Wildman–Crippen MR) is 224 cm³/mol. The summed E-state index contributed by atoms with van der Waals surface area (Å²) in [6, 6.07) is 54.1. The van der Waals surface area contributed by atoms with Gasteiger partial charge in [0.2, 0.25) is 0 Å². The second kappa shape index (κ2) is 12.5. The highest BCUT2D eigenvalue weighted by atomic mass is 15.1. The molecule has 2 aliphatic carbocycles. The average Bonchev–Trinajstić information content (AvgIpc) is 3.21. The number of fused-ring (bicyclic) bond motifs is 5.